The van der Waals surface area contributed by atoms with Crippen LogP contribution in [0.3, 0.4) is 0 Å². The molecule has 5 nitrogen and oxygen atoms in total. The van der Waals surface area contributed by atoms with Gasteiger partial charge in [-0.25, -0.2) is 0 Å². The van der Waals surface area contributed by atoms with Crippen molar-refractivity contribution >= 4 is 11.8 Å². The lowest BCUT2D eigenvalue weighted by molar-refractivity contribution is -0.139. The Morgan fingerprint density at radius 2 is 1.94 bits per heavy atom. The third-order valence-corrected chi connectivity index (χ3v) is 3.32. The van der Waals surface area contributed by atoms with E-state index < -0.39 is 0 Å². The molecule has 90 valence electrons. The predicted molar refractivity (Wildman–Crippen MR) is 59.8 cm³/mol. The summed E-state index contributed by atoms with van der Waals surface area (Å²) < 4.78 is 0. The Labute approximate surface area is 95.8 Å². The van der Waals surface area contributed by atoms with E-state index in [0.717, 1.165) is 32.7 Å². The first kappa shape index (κ1) is 11.5. The van der Waals surface area contributed by atoms with E-state index in [4.69, 9.17) is 0 Å². The third kappa shape index (κ3) is 2.41. The maximum absolute atomic E-state index is 11.7. The highest BCUT2D eigenvalue weighted by Crippen LogP contribution is 2.18. The average Bonchev–Trinajstić information content (AvgIpc) is 2.53. The lowest BCUT2D eigenvalue weighted by Crippen LogP contribution is -2.47. The molecule has 2 aliphatic rings. The largest absolute Gasteiger partial charge is 0.314 e. The summed E-state index contributed by atoms with van der Waals surface area (Å²) in [4.78, 5) is 26.9. The van der Waals surface area contributed by atoms with Gasteiger partial charge < -0.3 is 5.32 Å². The molecule has 0 aliphatic carbocycles. The molecular formula is C11H19N3O2. The van der Waals surface area contributed by atoms with Crippen molar-refractivity contribution in [1.82, 2.24) is 15.1 Å². The van der Waals surface area contributed by atoms with E-state index in [1.165, 1.54) is 4.90 Å². The molecule has 2 aliphatic heterocycles. The van der Waals surface area contributed by atoms with Gasteiger partial charge in [-0.2, -0.15) is 0 Å². The summed E-state index contributed by atoms with van der Waals surface area (Å²) in [6.45, 7) is 7.20. The summed E-state index contributed by atoms with van der Waals surface area (Å²) >= 11 is 0. The Hall–Kier alpha value is -0.940. The summed E-state index contributed by atoms with van der Waals surface area (Å²) in [5.74, 6) is -0.122. The second-order valence-electron chi connectivity index (χ2n) is 4.58. The number of carbonyl (C=O) groups is 2. The van der Waals surface area contributed by atoms with Crippen molar-refractivity contribution < 1.29 is 9.59 Å². The van der Waals surface area contributed by atoms with E-state index in [1.807, 2.05) is 6.92 Å². The Morgan fingerprint density at radius 1 is 1.25 bits per heavy atom. The molecule has 0 aromatic heterocycles. The Bertz CT molecular complexity index is 287. The predicted octanol–water partition coefficient (Wildman–Crippen LogP) is -0.713. The molecule has 2 fully saturated rings. The smallest absolute Gasteiger partial charge is 0.232 e. The number of carbonyl (C=O) groups excluding carboxylic acids is 2. The number of nitrogens with one attached hydrogen (secondary N) is 1. The minimum Gasteiger partial charge on any atom is -0.314 e. The molecule has 2 heterocycles. The highest BCUT2D eigenvalue weighted by Gasteiger charge is 2.35. The van der Waals surface area contributed by atoms with Gasteiger partial charge >= 0.3 is 0 Å². The molecule has 2 rings (SSSR count). The van der Waals surface area contributed by atoms with Gasteiger partial charge in [0.2, 0.25) is 11.8 Å². The monoisotopic (exact) mass is 225 g/mol. The van der Waals surface area contributed by atoms with Gasteiger partial charge in [0.25, 0.3) is 0 Å². The minimum atomic E-state index is -0.115. The molecule has 2 saturated heterocycles. The molecule has 0 aromatic carbocycles. The molecule has 0 spiro atoms. The van der Waals surface area contributed by atoms with Crippen LogP contribution in [-0.2, 0) is 9.59 Å². The van der Waals surface area contributed by atoms with E-state index in [9.17, 15) is 9.59 Å². The summed E-state index contributed by atoms with van der Waals surface area (Å²) in [5.41, 5.74) is 0. The van der Waals surface area contributed by atoms with Crippen LogP contribution in [0.15, 0.2) is 0 Å². The van der Waals surface area contributed by atoms with E-state index >= 15 is 0 Å². The van der Waals surface area contributed by atoms with E-state index in [1.54, 1.807) is 0 Å². The van der Waals surface area contributed by atoms with E-state index in [-0.39, 0.29) is 17.7 Å². The number of hydrogen-bond donors (Lipinski definition) is 1. The highest BCUT2D eigenvalue weighted by molar-refractivity contribution is 6.03. The van der Waals surface area contributed by atoms with Crippen LogP contribution < -0.4 is 5.32 Å². The van der Waals surface area contributed by atoms with Gasteiger partial charge in [0.1, 0.15) is 0 Å². The number of rotatable bonds is 3. The zero-order chi connectivity index (χ0) is 11.5. The van der Waals surface area contributed by atoms with Gasteiger partial charge in [-0.05, 0) is 0 Å². The first-order chi connectivity index (χ1) is 7.68. The van der Waals surface area contributed by atoms with Crippen molar-refractivity contribution in [2.45, 2.75) is 13.3 Å². The summed E-state index contributed by atoms with van der Waals surface area (Å²) in [6.07, 6.45) is 0.389. The fraction of sp³-hybridized carbons (Fsp3) is 0.818. The highest BCUT2D eigenvalue weighted by atomic mass is 16.2. The third-order valence-electron chi connectivity index (χ3n) is 3.32. The van der Waals surface area contributed by atoms with Gasteiger partial charge in [0.05, 0.1) is 0 Å². The second-order valence-corrected chi connectivity index (χ2v) is 4.58. The first-order valence-electron chi connectivity index (χ1n) is 5.96. The van der Waals surface area contributed by atoms with Crippen LogP contribution in [0, 0.1) is 5.92 Å². The molecule has 1 N–H and O–H groups in total. The topological polar surface area (TPSA) is 52.7 Å². The maximum atomic E-state index is 11.7. The van der Waals surface area contributed by atoms with Crippen molar-refractivity contribution in [3.63, 3.8) is 0 Å². The summed E-state index contributed by atoms with van der Waals surface area (Å²) in [6, 6.07) is 0. The van der Waals surface area contributed by atoms with Crippen LogP contribution in [0.1, 0.15) is 13.3 Å². The molecule has 0 aromatic rings. The number of hydrogen-bond acceptors (Lipinski definition) is 4. The standard InChI is InChI=1S/C11H19N3O2/c1-9-8-10(15)14(11(9)16)7-6-13-4-2-12-3-5-13/h9,12H,2-8H2,1H3. The second kappa shape index (κ2) is 4.93. The molecule has 1 unspecified atom stereocenters. The van der Waals surface area contributed by atoms with Crippen LogP contribution in [0.25, 0.3) is 0 Å². The van der Waals surface area contributed by atoms with Crippen LogP contribution in [0.4, 0.5) is 0 Å². The van der Waals surface area contributed by atoms with Gasteiger partial charge in [-0.3, -0.25) is 19.4 Å². The van der Waals surface area contributed by atoms with Crippen LogP contribution in [0.2, 0.25) is 0 Å². The number of piperazine rings is 1. The SMILES string of the molecule is CC1CC(=O)N(CCN2CCNCC2)C1=O. The molecule has 2 amide bonds. The van der Waals surface area contributed by atoms with E-state index in [0.29, 0.717) is 13.0 Å². The van der Waals surface area contributed by atoms with Crippen LogP contribution in [-0.4, -0.2) is 60.9 Å². The molecule has 0 radical (unpaired) electrons. The molecule has 16 heavy (non-hydrogen) atoms. The van der Waals surface area contributed by atoms with Crippen LogP contribution in [0.5, 0.6) is 0 Å². The van der Waals surface area contributed by atoms with Crippen molar-refractivity contribution in [1.29, 1.82) is 0 Å². The lowest BCUT2D eigenvalue weighted by Gasteiger charge is -2.28. The first-order valence-corrected chi connectivity index (χ1v) is 5.96. The average molecular weight is 225 g/mol. The summed E-state index contributed by atoms with van der Waals surface area (Å²) in [5, 5.41) is 3.28. The number of imide groups is 1. The quantitative estimate of drug-likeness (QED) is 0.645. The minimum absolute atomic E-state index is 0.000124. The molecule has 0 saturated carbocycles. The number of nitrogens with zero attached hydrogens (tertiary/aromatic N) is 2. The van der Waals surface area contributed by atoms with Gasteiger partial charge in [-0.15, -0.1) is 0 Å². The van der Waals surface area contributed by atoms with Crippen molar-refractivity contribution in [2.24, 2.45) is 5.92 Å². The normalized spacial score (nSPS) is 27.8. The zero-order valence-electron chi connectivity index (χ0n) is 9.74. The van der Waals surface area contributed by atoms with E-state index in [2.05, 4.69) is 10.2 Å². The fourth-order valence-corrected chi connectivity index (χ4v) is 2.26. The molecular weight excluding hydrogens is 206 g/mol. The Balaban J connectivity index is 1.80. The summed E-state index contributed by atoms with van der Waals surface area (Å²) in [7, 11) is 0. The Kier molecular flexibility index (Phi) is 3.56. The van der Waals surface area contributed by atoms with Crippen molar-refractivity contribution in [3.05, 3.63) is 0 Å². The lowest BCUT2D eigenvalue weighted by atomic mass is 10.1. The molecule has 1 atom stereocenters. The van der Waals surface area contributed by atoms with Crippen molar-refractivity contribution in [3.8, 4) is 0 Å². The molecule has 5 heteroatoms. The fourth-order valence-electron chi connectivity index (χ4n) is 2.26. The van der Waals surface area contributed by atoms with Crippen LogP contribution >= 0.6 is 0 Å². The van der Waals surface area contributed by atoms with Gasteiger partial charge in [0.15, 0.2) is 0 Å². The zero-order valence-corrected chi connectivity index (χ0v) is 9.74. The van der Waals surface area contributed by atoms with Gasteiger partial charge in [-0.1, -0.05) is 6.92 Å². The molecule has 0 bridgehead atoms. The number of likely N-dealkylation sites (tertiary alicyclic amines) is 1. The van der Waals surface area contributed by atoms with Gasteiger partial charge in [0, 0.05) is 51.6 Å². The maximum Gasteiger partial charge on any atom is 0.232 e. The Morgan fingerprint density at radius 3 is 2.50 bits per heavy atom. The van der Waals surface area contributed by atoms with Crippen molar-refractivity contribution in [2.75, 3.05) is 39.3 Å². The number of amides is 2.